The van der Waals surface area contributed by atoms with Crippen LogP contribution in [0.4, 0.5) is 4.39 Å². The van der Waals surface area contributed by atoms with Crippen LogP contribution in [0.15, 0.2) is 21.8 Å². The van der Waals surface area contributed by atoms with E-state index in [1.165, 1.54) is 6.07 Å². The third-order valence-corrected chi connectivity index (χ3v) is 3.51. The molecule has 0 heterocycles. The minimum Gasteiger partial charge on any atom is -0.490 e. The van der Waals surface area contributed by atoms with E-state index in [9.17, 15) is 4.39 Å². The highest BCUT2D eigenvalue weighted by molar-refractivity contribution is 9.10. The SMILES string of the molecule is CCCC(C)COc1ccc(/C(N)=N/O)c(Br)c1F. The second-order valence-electron chi connectivity index (χ2n) is 4.43. The molecule has 1 aromatic carbocycles. The lowest BCUT2D eigenvalue weighted by molar-refractivity contribution is 0.241. The molecule has 6 heteroatoms. The highest BCUT2D eigenvalue weighted by Crippen LogP contribution is 2.29. The van der Waals surface area contributed by atoms with E-state index in [4.69, 9.17) is 15.7 Å². The Labute approximate surface area is 120 Å². The monoisotopic (exact) mass is 332 g/mol. The predicted molar refractivity (Wildman–Crippen MR) is 76.2 cm³/mol. The van der Waals surface area contributed by atoms with E-state index < -0.39 is 5.82 Å². The van der Waals surface area contributed by atoms with Crippen LogP contribution in [0.1, 0.15) is 32.3 Å². The quantitative estimate of drug-likeness (QED) is 0.362. The van der Waals surface area contributed by atoms with Crippen molar-refractivity contribution in [3.63, 3.8) is 0 Å². The van der Waals surface area contributed by atoms with Crippen LogP contribution in [0.3, 0.4) is 0 Å². The molecule has 0 amide bonds. The van der Waals surface area contributed by atoms with E-state index in [0.29, 0.717) is 12.5 Å². The van der Waals surface area contributed by atoms with Gasteiger partial charge in [0.2, 0.25) is 0 Å². The number of hydrogen-bond acceptors (Lipinski definition) is 3. The highest BCUT2D eigenvalue weighted by Gasteiger charge is 2.15. The Morgan fingerprint density at radius 1 is 1.58 bits per heavy atom. The summed E-state index contributed by atoms with van der Waals surface area (Å²) in [5.74, 6) is -0.180. The Hall–Kier alpha value is -1.30. The number of rotatable bonds is 6. The fraction of sp³-hybridized carbons (Fsp3) is 0.462. The van der Waals surface area contributed by atoms with Crippen molar-refractivity contribution in [3.8, 4) is 5.75 Å². The topological polar surface area (TPSA) is 67.8 Å². The molecule has 0 aliphatic rings. The third kappa shape index (κ3) is 4.09. The van der Waals surface area contributed by atoms with Crippen LogP contribution in [0, 0.1) is 11.7 Å². The van der Waals surface area contributed by atoms with E-state index >= 15 is 0 Å². The molecule has 0 bridgehead atoms. The average Bonchev–Trinajstić information content (AvgIpc) is 2.40. The van der Waals surface area contributed by atoms with Crippen molar-refractivity contribution in [2.24, 2.45) is 16.8 Å². The molecule has 0 aliphatic heterocycles. The molecular weight excluding hydrogens is 315 g/mol. The van der Waals surface area contributed by atoms with E-state index in [0.717, 1.165) is 12.8 Å². The number of benzene rings is 1. The summed E-state index contributed by atoms with van der Waals surface area (Å²) in [6, 6.07) is 3.02. The molecule has 106 valence electrons. The predicted octanol–water partition coefficient (Wildman–Crippen LogP) is 3.50. The van der Waals surface area contributed by atoms with Crippen molar-refractivity contribution >= 4 is 21.8 Å². The van der Waals surface area contributed by atoms with E-state index in [-0.39, 0.29) is 21.6 Å². The molecule has 1 aromatic rings. The molecule has 0 aromatic heterocycles. The lowest BCUT2D eigenvalue weighted by atomic mass is 10.1. The number of nitrogens with zero attached hydrogens (tertiary/aromatic N) is 1. The minimum atomic E-state index is -0.548. The Bertz CT molecular complexity index is 466. The van der Waals surface area contributed by atoms with Gasteiger partial charge in [-0.15, -0.1) is 0 Å². The summed E-state index contributed by atoms with van der Waals surface area (Å²) in [5.41, 5.74) is 5.72. The molecule has 0 fully saturated rings. The first-order valence-electron chi connectivity index (χ1n) is 6.09. The van der Waals surface area contributed by atoms with Gasteiger partial charge in [-0.05, 0) is 40.4 Å². The molecule has 4 nitrogen and oxygen atoms in total. The van der Waals surface area contributed by atoms with Gasteiger partial charge in [-0.25, -0.2) is 4.39 Å². The minimum absolute atomic E-state index is 0.128. The normalized spacial score (nSPS) is 13.4. The van der Waals surface area contributed by atoms with Gasteiger partial charge >= 0.3 is 0 Å². The molecule has 0 aliphatic carbocycles. The Balaban J connectivity index is 2.85. The van der Waals surface area contributed by atoms with Gasteiger partial charge < -0.3 is 15.7 Å². The molecule has 19 heavy (non-hydrogen) atoms. The molecule has 0 saturated carbocycles. The molecule has 1 unspecified atom stereocenters. The molecule has 0 spiro atoms. The highest BCUT2D eigenvalue weighted by atomic mass is 79.9. The first kappa shape index (κ1) is 15.8. The van der Waals surface area contributed by atoms with Crippen LogP contribution >= 0.6 is 15.9 Å². The summed E-state index contributed by atoms with van der Waals surface area (Å²) < 4.78 is 19.6. The standard InChI is InChI=1S/C13H18BrFN2O2/c1-3-4-8(2)7-19-10-6-5-9(13(16)17-18)11(14)12(10)15/h5-6,8,18H,3-4,7H2,1-2H3,(H2,16,17). The molecule has 0 radical (unpaired) electrons. The number of halogens is 2. The van der Waals surface area contributed by atoms with Crippen molar-refractivity contribution in [2.75, 3.05) is 6.61 Å². The van der Waals surface area contributed by atoms with Crippen molar-refractivity contribution in [1.82, 2.24) is 0 Å². The van der Waals surface area contributed by atoms with Gasteiger partial charge in [0.25, 0.3) is 0 Å². The summed E-state index contributed by atoms with van der Waals surface area (Å²) in [5, 5.41) is 11.4. The maximum atomic E-state index is 14.0. The van der Waals surface area contributed by atoms with Gasteiger partial charge in [0.15, 0.2) is 17.4 Å². The molecule has 1 atom stereocenters. The molecular formula is C13H18BrFN2O2. The Kier molecular flexibility index (Phi) is 6.08. The van der Waals surface area contributed by atoms with Gasteiger partial charge in [-0.3, -0.25) is 0 Å². The molecule has 3 N–H and O–H groups in total. The van der Waals surface area contributed by atoms with Gasteiger partial charge in [-0.2, -0.15) is 0 Å². The summed E-state index contributed by atoms with van der Waals surface area (Å²) >= 11 is 3.08. The fourth-order valence-electron chi connectivity index (χ4n) is 1.70. The smallest absolute Gasteiger partial charge is 0.179 e. The molecule has 0 saturated heterocycles. The lowest BCUT2D eigenvalue weighted by Crippen LogP contribution is -2.15. The van der Waals surface area contributed by atoms with Crippen LogP contribution in [0.25, 0.3) is 0 Å². The zero-order valence-corrected chi connectivity index (χ0v) is 12.6. The molecule has 1 rings (SSSR count). The summed E-state index contributed by atoms with van der Waals surface area (Å²) in [6.45, 7) is 4.61. The van der Waals surface area contributed by atoms with Crippen LogP contribution in [0.5, 0.6) is 5.75 Å². The van der Waals surface area contributed by atoms with Crippen LogP contribution in [-0.4, -0.2) is 17.6 Å². The summed E-state index contributed by atoms with van der Waals surface area (Å²) in [4.78, 5) is 0. The Morgan fingerprint density at radius 2 is 2.26 bits per heavy atom. The van der Waals surface area contributed by atoms with Gasteiger partial charge in [-0.1, -0.05) is 25.4 Å². The van der Waals surface area contributed by atoms with Gasteiger partial charge in [0, 0.05) is 5.56 Å². The third-order valence-electron chi connectivity index (χ3n) is 2.74. The fourth-order valence-corrected chi connectivity index (χ4v) is 2.23. The average molecular weight is 333 g/mol. The van der Waals surface area contributed by atoms with E-state index in [2.05, 4.69) is 34.9 Å². The second kappa shape index (κ2) is 7.33. The maximum Gasteiger partial charge on any atom is 0.179 e. The zero-order chi connectivity index (χ0) is 14.4. The van der Waals surface area contributed by atoms with E-state index in [1.54, 1.807) is 6.07 Å². The van der Waals surface area contributed by atoms with Crippen molar-refractivity contribution in [1.29, 1.82) is 0 Å². The maximum absolute atomic E-state index is 14.0. The number of amidine groups is 1. The first-order valence-corrected chi connectivity index (χ1v) is 6.89. The number of nitrogens with two attached hydrogens (primary N) is 1. The zero-order valence-electron chi connectivity index (χ0n) is 11.0. The van der Waals surface area contributed by atoms with Crippen molar-refractivity contribution < 1.29 is 14.3 Å². The largest absolute Gasteiger partial charge is 0.490 e. The van der Waals surface area contributed by atoms with Crippen LogP contribution < -0.4 is 10.5 Å². The van der Waals surface area contributed by atoms with Crippen molar-refractivity contribution in [3.05, 3.63) is 28.0 Å². The van der Waals surface area contributed by atoms with Gasteiger partial charge in [0.05, 0.1) is 11.1 Å². The Morgan fingerprint density at radius 3 is 2.84 bits per heavy atom. The van der Waals surface area contributed by atoms with Gasteiger partial charge in [0.1, 0.15) is 0 Å². The second-order valence-corrected chi connectivity index (χ2v) is 5.22. The summed E-state index contributed by atoms with van der Waals surface area (Å²) in [7, 11) is 0. The van der Waals surface area contributed by atoms with E-state index in [1.807, 2.05) is 0 Å². The number of oxime groups is 1. The number of ether oxygens (including phenoxy) is 1. The number of hydrogen-bond donors (Lipinski definition) is 2. The lowest BCUT2D eigenvalue weighted by Gasteiger charge is -2.14. The first-order chi connectivity index (χ1) is 9.01. The van der Waals surface area contributed by atoms with Crippen molar-refractivity contribution in [2.45, 2.75) is 26.7 Å². The van der Waals surface area contributed by atoms with Crippen LogP contribution in [-0.2, 0) is 0 Å². The summed E-state index contributed by atoms with van der Waals surface area (Å²) in [6.07, 6.45) is 2.10. The van der Waals surface area contributed by atoms with Crippen LogP contribution in [0.2, 0.25) is 0 Å².